The third kappa shape index (κ3) is 6.76. The van der Waals surface area contributed by atoms with Gasteiger partial charge in [-0.05, 0) is 48.4 Å². The highest BCUT2D eigenvalue weighted by molar-refractivity contribution is 6.30. The van der Waals surface area contributed by atoms with E-state index in [-0.39, 0.29) is 18.4 Å². The molecule has 6 heteroatoms. The van der Waals surface area contributed by atoms with Gasteiger partial charge < -0.3 is 15.4 Å². The van der Waals surface area contributed by atoms with Gasteiger partial charge in [0.25, 0.3) is 5.91 Å². The molecule has 2 N–H and O–H groups in total. The average Bonchev–Trinajstić information content (AvgIpc) is 2.65. The van der Waals surface area contributed by atoms with Crippen LogP contribution in [-0.4, -0.2) is 25.0 Å². The van der Waals surface area contributed by atoms with Crippen LogP contribution in [-0.2, 0) is 11.3 Å². The van der Waals surface area contributed by atoms with Crippen molar-refractivity contribution in [1.82, 2.24) is 10.6 Å². The predicted octanol–water partition coefficient (Wildman–Crippen LogP) is 3.57. The summed E-state index contributed by atoms with van der Waals surface area (Å²) in [5.41, 5.74) is 1.38. The molecule has 0 aliphatic heterocycles. The minimum absolute atomic E-state index is 0.0891. The lowest BCUT2D eigenvalue weighted by molar-refractivity contribution is -0.120. The van der Waals surface area contributed by atoms with Gasteiger partial charge in [0, 0.05) is 17.1 Å². The third-order valence-electron chi connectivity index (χ3n) is 3.67. The van der Waals surface area contributed by atoms with Crippen molar-refractivity contribution in [2.75, 3.05) is 13.2 Å². The first-order chi connectivity index (χ1) is 12.6. The molecule has 2 aromatic carbocycles. The van der Waals surface area contributed by atoms with E-state index in [1.54, 1.807) is 36.4 Å². The van der Waals surface area contributed by atoms with Crippen LogP contribution in [0.25, 0.3) is 0 Å². The summed E-state index contributed by atoms with van der Waals surface area (Å²) in [6, 6.07) is 14.1. The van der Waals surface area contributed by atoms with Gasteiger partial charge in [0.05, 0.1) is 13.2 Å². The molecule has 0 aromatic heterocycles. The zero-order valence-corrected chi connectivity index (χ0v) is 15.5. The second kappa shape index (κ2) is 10.5. The Morgan fingerprint density at radius 1 is 1.08 bits per heavy atom. The van der Waals surface area contributed by atoms with Crippen LogP contribution in [0.15, 0.2) is 48.5 Å². The van der Waals surface area contributed by atoms with E-state index < -0.39 is 0 Å². The Hall–Kier alpha value is -2.53. The minimum Gasteiger partial charge on any atom is -0.494 e. The van der Waals surface area contributed by atoms with E-state index in [2.05, 4.69) is 17.6 Å². The van der Waals surface area contributed by atoms with Crippen molar-refractivity contribution in [3.63, 3.8) is 0 Å². The molecule has 0 aliphatic rings. The average molecular weight is 375 g/mol. The smallest absolute Gasteiger partial charge is 0.251 e. The van der Waals surface area contributed by atoms with Gasteiger partial charge in [-0.25, -0.2) is 0 Å². The zero-order chi connectivity index (χ0) is 18.8. The van der Waals surface area contributed by atoms with Crippen molar-refractivity contribution in [3.8, 4) is 5.75 Å². The molecule has 0 saturated carbocycles. The number of unbranched alkanes of at least 4 members (excludes halogenated alkanes) is 1. The van der Waals surface area contributed by atoms with E-state index in [4.69, 9.17) is 16.3 Å². The predicted molar refractivity (Wildman–Crippen MR) is 102 cm³/mol. The number of nitrogens with one attached hydrogen (secondary N) is 2. The summed E-state index contributed by atoms with van der Waals surface area (Å²) >= 11 is 5.90. The highest BCUT2D eigenvalue weighted by Crippen LogP contribution is 2.13. The number of halogens is 1. The van der Waals surface area contributed by atoms with Crippen LogP contribution in [0.2, 0.25) is 5.02 Å². The van der Waals surface area contributed by atoms with Crippen LogP contribution in [0.5, 0.6) is 5.75 Å². The quantitative estimate of drug-likeness (QED) is 0.659. The normalized spacial score (nSPS) is 10.2. The molecule has 0 radical (unpaired) electrons. The summed E-state index contributed by atoms with van der Waals surface area (Å²) in [4.78, 5) is 23.9. The molecule has 0 unspecified atom stereocenters. The lowest BCUT2D eigenvalue weighted by Gasteiger charge is -2.08. The summed E-state index contributed by atoms with van der Waals surface area (Å²) in [5, 5.41) is 5.96. The van der Waals surface area contributed by atoms with Gasteiger partial charge in [-0.2, -0.15) is 0 Å². The van der Waals surface area contributed by atoms with E-state index in [0.717, 1.165) is 24.2 Å². The second-order valence-corrected chi connectivity index (χ2v) is 6.25. The van der Waals surface area contributed by atoms with Crippen molar-refractivity contribution in [2.24, 2.45) is 0 Å². The van der Waals surface area contributed by atoms with Crippen LogP contribution >= 0.6 is 11.6 Å². The molecule has 138 valence electrons. The van der Waals surface area contributed by atoms with Crippen molar-refractivity contribution in [2.45, 2.75) is 26.3 Å². The molecule has 0 aliphatic carbocycles. The Kier molecular flexibility index (Phi) is 7.96. The molecule has 0 bridgehead atoms. The highest BCUT2D eigenvalue weighted by Gasteiger charge is 2.08. The number of ether oxygens (including phenoxy) is 1. The molecule has 2 rings (SSSR count). The van der Waals surface area contributed by atoms with Gasteiger partial charge >= 0.3 is 0 Å². The Morgan fingerprint density at radius 3 is 2.54 bits per heavy atom. The first-order valence-corrected chi connectivity index (χ1v) is 8.98. The number of rotatable bonds is 9. The molecule has 26 heavy (non-hydrogen) atoms. The standard InChI is InChI=1S/C20H23ClN2O3/c1-2-3-11-26-18-9-7-16(8-10-18)20(25)23-14-19(24)22-13-15-5-4-6-17(21)12-15/h4-10,12H,2-3,11,13-14H2,1H3,(H,22,24)(H,23,25). The van der Waals surface area contributed by atoms with Gasteiger partial charge in [0.2, 0.25) is 5.91 Å². The van der Waals surface area contributed by atoms with Crippen molar-refractivity contribution in [1.29, 1.82) is 0 Å². The van der Waals surface area contributed by atoms with Gasteiger partial charge in [-0.15, -0.1) is 0 Å². The van der Waals surface area contributed by atoms with Crippen LogP contribution in [0.4, 0.5) is 0 Å². The van der Waals surface area contributed by atoms with Crippen molar-refractivity contribution in [3.05, 3.63) is 64.7 Å². The number of hydrogen-bond donors (Lipinski definition) is 2. The number of carbonyl (C=O) groups is 2. The third-order valence-corrected chi connectivity index (χ3v) is 3.91. The van der Waals surface area contributed by atoms with Gasteiger partial charge in [-0.3, -0.25) is 9.59 Å². The molecule has 0 fully saturated rings. The molecule has 2 aromatic rings. The number of amides is 2. The highest BCUT2D eigenvalue weighted by atomic mass is 35.5. The summed E-state index contributed by atoms with van der Waals surface area (Å²) in [7, 11) is 0. The first kappa shape index (κ1) is 19.8. The molecular weight excluding hydrogens is 352 g/mol. The van der Waals surface area contributed by atoms with Gasteiger partial charge in [-0.1, -0.05) is 37.1 Å². The summed E-state index contributed by atoms with van der Waals surface area (Å²) in [5.74, 6) is 0.162. The van der Waals surface area contributed by atoms with Crippen LogP contribution in [0.1, 0.15) is 35.7 Å². The number of benzene rings is 2. The summed E-state index contributed by atoms with van der Waals surface area (Å²) in [6.45, 7) is 3.03. The molecule has 0 spiro atoms. The SMILES string of the molecule is CCCCOc1ccc(C(=O)NCC(=O)NCc2cccc(Cl)c2)cc1. The van der Waals surface area contributed by atoms with Gasteiger partial charge in [0.1, 0.15) is 5.75 Å². The monoisotopic (exact) mass is 374 g/mol. The lowest BCUT2D eigenvalue weighted by atomic mass is 10.2. The topological polar surface area (TPSA) is 67.4 Å². The Bertz CT molecular complexity index is 732. The van der Waals surface area contributed by atoms with Crippen molar-refractivity contribution < 1.29 is 14.3 Å². The fraction of sp³-hybridized carbons (Fsp3) is 0.300. The molecule has 5 nitrogen and oxygen atoms in total. The maximum atomic E-state index is 12.1. The van der Waals surface area contributed by atoms with E-state index >= 15 is 0 Å². The molecule has 0 heterocycles. The fourth-order valence-electron chi connectivity index (χ4n) is 2.21. The number of hydrogen-bond acceptors (Lipinski definition) is 3. The van der Waals surface area contributed by atoms with Crippen LogP contribution in [0, 0.1) is 0 Å². The number of carbonyl (C=O) groups excluding carboxylic acids is 2. The lowest BCUT2D eigenvalue weighted by Crippen LogP contribution is -2.36. The second-order valence-electron chi connectivity index (χ2n) is 5.82. The van der Waals surface area contributed by atoms with Gasteiger partial charge in [0.15, 0.2) is 0 Å². The zero-order valence-electron chi connectivity index (χ0n) is 14.8. The van der Waals surface area contributed by atoms with E-state index in [0.29, 0.717) is 23.7 Å². The maximum absolute atomic E-state index is 12.1. The van der Waals surface area contributed by atoms with E-state index in [1.165, 1.54) is 0 Å². The molecule has 2 amide bonds. The first-order valence-electron chi connectivity index (χ1n) is 8.60. The Balaban J connectivity index is 1.74. The fourth-order valence-corrected chi connectivity index (χ4v) is 2.42. The molecule has 0 atom stereocenters. The van der Waals surface area contributed by atoms with Crippen molar-refractivity contribution >= 4 is 23.4 Å². The Morgan fingerprint density at radius 2 is 1.85 bits per heavy atom. The summed E-state index contributed by atoms with van der Waals surface area (Å²) < 4.78 is 5.56. The largest absolute Gasteiger partial charge is 0.494 e. The Labute approximate surface area is 158 Å². The molecule has 0 saturated heterocycles. The maximum Gasteiger partial charge on any atom is 0.251 e. The van der Waals surface area contributed by atoms with Crippen LogP contribution < -0.4 is 15.4 Å². The van der Waals surface area contributed by atoms with E-state index in [1.807, 2.05) is 12.1 Å². The minimum atomic E-state index is -0.303. The van der Waals surface area contributed by atoms with E-state index in [9.17, 15) is 9.59 Å². The summed E-state index contributed by atoms with van der Waals surface area (Å²) in [6.07, 6.45) is 2.06. The molecular formula is C20H23ClN2O3. The van der Waals surface area contributed by atoms with Crippen LogP contribution in [0.3, 0.4) is 0 Å².